The summed E-state index contributed by atoms with van der Waals surface area (Å²) < 4.78 is 4.70. The summed E-state index contributed by atoms with van der Waals surface area (Å²) in [5, 5.41) is 11.5. The number of aromatic nitrogens is 1. The van der Waals surface area contributed by atoms with Gasteiger partial charge < -0.3 is 26.0 Å². The first-order valence-electron chi connectivity index (χ1n) is 9.34. The van der Waals surface area contributed by atoms with Gasteiger partial charge in [-0.3, -0.25) is 9.59 Å². The molecule has 4 N–H and O–H groups in total. The summed E-state index contributed by atoms with van der Waals surface area (Å²) in [5.41, 5.74) is 0.964. The third-order valence-corrected chi connectivity index (χ3v) is 4.92. The van der Waals surface area contributed by atoms with Gasteiger partial charge in [0.15, 0.2) is 5.78 Å². The average molecular weight is 428 g/mol. The van der Waals surface area contributed by atoms with Gasteiger partial charge >= 0.3 is 6.09 Å². The summed E-state index contributed by atoms with van der Waals surface area (Å²) >= 11 is 0. The lowest BCUT2D eigenvalue weighted by Gasteiger charge is -2.30. The molecular weight excluding hydrogens is 398 g/mol. The minimum atomic E-state index is -0.890. The third kappa shape index (κ3) is 6.04. The molecule has 0 aromatic carbocycles. The predicted octanol–water partition coefficient (Wildman–Crippen LogP) is 0.882. The fourth-order valence-electron chi connectivity index (χ4n) is 3.12. The second-order valence-electron chi connectivity index (χ2n) is 7.22. The van der Waals surface area contributed by atoms with Gasteiger partial charge in [0.05, 0.1) is 25.2 Å². The largest absolute Gasteiger partial charge is 0.453 e. The maximum Gasteiger partial charge on any atom is 0.407 e. The van der Waals surface area contributed by atoms with E-state index in [-0.39, 0.29) is 30.0 Å². The Morgan fingerprint density at radius 2 is 1.93 bits per heavy atom. The molecule has 0 radical (unpaired) electrons. The highest BCUT2D eigenvalue weighted by Crippen LogP contribution is 2.25. The number of ketones is 1. The Morgan fingerprint density at radius 3 is 2.48 bits per heavy atom. The van der Waals surface area contributed by atoms with Crippen LogP contribution in [0.2, 0.25) is 0 Å². The highest BCUT2D eigenvalue weighted by Gasteiger charge is 2.39. The van der Waals surface area contributed by atoms with Crippen molar-refractivity contribution in [2.45, 2.75) is 51.4 Å². The molecule has 4 atom stereocenters. The number of methoxy groups -OCH3 is 1. The van der Waals surface area contributed by atoms with Crippen molar-refractivity contribution in [2.75, 3.05) is 19.5 Å². The maximum atomic E-state index is 13.4. The van der Waals surface area contributed by atoms with Crippen molar-refractivity contribution in [3.63, 3.8) is 0 Å². The lowest BCUT2D eigenvalue weighted by Crippen LogP contribution is -2.60. The van der Waals surface area contributed by atoms with Crippen LogP contribution < -0.4 is 21.3 Å². The second kappa shape index (κ2) is 11.0. The van der Waals surface area contributed by atoms with E-state index in [1.165, 1.54) is 7.11 Å². The molecule has 29 heavy (non-hydrogen) atoms. The molecule has 1 aromatic rings. The Hall–Kier alpha value is -2.39. The number of fused-ring (bicyclic) bond motifs is 1. The molecule has 9 nitrogen and oxygen atoms in total. The number of anilines is 1. The van der Waals surface area contributed by atoms with Gasteiger partial charge in [-0.25, -0.2) is 9.78 Å². The van der Waals surface area contributed by atoms with Gasteiger partial charge in [0.1, 0.15) is 11.9 Å². The molecule has 0 saturated heterocycles. The number of pyridine rings is 1. The van der Waals surface area contributed by atoms with Crippen molar-refractivity contribution in [3.05, 3.63) is 23.9 Å². The van der Waals surface area contributed by atoms with E-state index in [1.54, 1.807) is 20.2 Å². The summed E-state index contributed by atoms with van der Waals surface area (Å²) in [7, 11) is 2.91. The van der Waals surface area contributed by atoms with Gasteiger partial charge in [-0.15, -0.1) is 12.4 Å². The Labute approximate surface area is 177 Å². The van der Waals surface area contributed by atoms with Gasteiger partial charge in [-0.05, 0) is 37.9 Å². The molecule has 1 aromatic heterocycles. The lowest BCUT2D eigenvalue weighted by atomic mass is 9.90. The van der Waals surface area contributed by atoms with Crippen molar-refractivity contribution < 1.29 is 19.1 Å². The zero-order valence-electron chi connectivity index (χ0n) is 17.3. The number of hydrogen-bond acceptors (Lipinski definition) is 7. The summed E-state index contributed by atoms with van der Waals surface area (Å²) in [6, 6.07) is 1.26. The molecule has 2 rings (SSSR count). The van der Waals surface area contributed by atoms with Crippen molar-refractivity contribution in [3.8, 4) is 0 Å². The highest BCUT2D eigenvalue weighted by molar-refractivity contribution is 5.96. The number of nitrogens with zero attached hydrogens (tertiary/aromatic N) is 1. The molecular formula is C19H30ClN5O4. The van der Waals surface area contributed by atoms with Gasteiger partial charge in [0.25, 0.3) is 0 Å². The summed E-state index contributed by atoms with van der Waals surface area (Å²) in [4.78, 5) is 41.9. The minimum absolute atomic E-state index is 0. The van der Waals surface area contributed by atoms with Crippen molar-refractivity contribution in [1.82, 2.24) is 20.9 Å². The molecule has 0 fully saturated rings. The first-order valence-corrected chi connectivity index (χ1v) is 9.34. The van der Waals surface area contributed by atoms with Crippen LogP contribution in [0.3, 0.4) is 0 Å². The first kappa shape index (κ1) is 24.6. The fourth-order valence-corrected chi connectivity index (χ4v) is 3.12. The predicted molar refractivity (Wildman–Crippen MR) is 112 cm³/mol. The van der Waals surface area contributed by atoms with E-state index in [2.05, 4.69) is 26.3 Å². The van der Waals surface area contributed by atoms with Crippen LogP contribution in [0.5, 0.6) is 0 Å². The molecule has 162 valence electrons. The molecule has 3 unspecified atom stereocenters. The van der Waals surface area contributed by atoms with E-state index in [0.29, 0.717) is 12.2 Å². The molecule has 10 heteroatoms. The number of Topliss-reactive ketones (excluding diaryl/α,β-unsaturated/α-hetero) is 1. The zero-order chi connectivity index (χ0) is 20.8. The number of carbonyl (C=O) groups is 3. The van der Waals surface area contributed by atoms with Crippen molar-refractivity contribution >= 4 is 36.0 Å². The third-order valence-electron chi connectivity index (χ3n) is 4.92. The van der Waals surface area contributed by atoms with Gasteiger partial charge in [0, 0.05) is 6.20 Å². The van der Waals surface area contributed by atoms with Crippen LogP contribution in [0.25, 0.3) is 0 Å². The van der Waals surface area contributed by atoms with Crippen LogP contribution in [-0.2, 0) is 20.7 Å². The van der Waals surface area contributed by atoms with Crippen LogP contribution >= 0.6 is 12.4 Å². The standard InChI is InChI=1S/C19H29N5O4.ClH/c1-10(2)14(23-18(26)11(3)20-4)16(25)15(24-19(27)28-5)13-9-12-7-6-8-21-17(12)22-13;/h6-8,10-11,13-15,20H,9H2,1-5H3,(H,21,22)(H,23,26)(H,24,27);1H/t11?,13?,14?,15-;/m0./s1. The van der Waals surface area contributed by atoms with E-state index in [1.807, 2.05) is 26.0 Å². The fraction of sp³-hybridized carbons (Fsp3) is 0.579. The van der Waals surface area contributed by atoms with E-state index in [4.69, 9.17) is 4.74 Å². The minimum Gasteiger partial charge on any atom is -0.453 e. The maximum absolute atomic E-state index is 13.4. The molecule has 2 heterocycles. The number of likely N-dealkylation sites (N-methyl/N-ethyl adjacent to an activating group) is 1. The van der Waals surface area contributed by atoms with E-state index < -0.39 is 30.3 Å². The molecule has 0 spiro atoms. The average Bonchev–Trinajstić information content (AvgIpc) is 3.12. The smallest absolute Gasteiger partial charge is 0.407 e. The summed E-state index contributed by atoms with van der Waals surface area (Å²) in [5.74, 6) is -0.0479. The SMILES string of the molecule is CNC(C)C(=O)NC(C(=O)[C@@H](NC(=O)OC)C1Cc2cccnc2N1)C(C)C.Cl. The topological polar surface area (TPSA) is 121 Å². The molecule has 0 saturated carbocycles. The molecule has 0 aliphatic carbocycles. The summed E-state index contributed by atoms with van der Waals surface area (Å²) in [6.07, 6.45) is 1.48. The van der Waals surface area contributed by atoms with Gasteiger partial charge in [0.2, 0.25) is 5.91 Å². The van der Waals surface area contributed by atoms with Gasteiger partial charge in [-0.2, -0.15) is 0 Å². The Kier molecular flexibility index (Phi) is 9.32. The normalized spacial score (nSPS) is 17.8. The number of halogens is 1. The van der Waals surface area contributed by atoms with E-state index >= 15 is 0 Å². The second-order valence-corrected chi connectivity index (χ2v) is 7.22. The number of carbonyl (C=O) groups excluding carboxylic acids is 3. The number of alkyl carbamates (subject to hydrolysis) is 1. The number of rotatable bonds is 8. The first-order chi connectivity index (χ1) is 13.3. The number of hydrogen-bond donors (Lipinski definition) is 4. The quantitative estimate of drug-likeness (QED) is 0.486. The monoisotopic (exact) mass is 427 g/mol. The van der Waals surface area contributed by atoms with Crippen molar-refractivity contribution in [1.29, 1.82) is 0 Å². The van der Waals surface area contributed by atoms with Crippen LogP contribution in [0.4, 0.5) is 10.6 Å². The van der Waals surface area contributed by atoms with Crippen molar-refractivity contribution in [2.24, 2.45) is 5.92 Å². The van der Waals surface area contributed by atoms with Crippen LogP contribution in [0.1, 0.15) is 26.3 Å². The Morgan fingerprint density at radius 1 is 1.24 bits per heavy atom. The Balaban J connectivity index is 0.00000420. The van der Waals surface area contributed by atoms with Crippen LogP contribution in [-0.4, -0.2) is 61.1 Å². The number of nitrogens with one attached hydrogen (secondary N) is 4. The van der Waals surface area contributed by atoms with E-state index in [9.17, 15) is 14.4 Å². The lowest BCUT2D eigenvalue weighted by molar-refractivity contribution is -0.130. The molecule has 1 aliphatic heterocycles. The number of amides is 2. The Bertz CT molecular complexity index is 705. The number of ether oxygens (including phenoxy) is 1. The van der Waals surface area contributed by atoms with Crippen LogP contribution in [0, 0.1) is 5.92 Å². The van der Waals surface area contributed by atoms with E-state index in [0.717, 1.165) is 5.56 Å². The molecule has 0 bridgehead atoms. The van der Waals surface area contributed by atoms with Gasteiger partial charge in [-0.1, -0.05) is 19.9 Å². The zero-order valence-corrected chi connectivity index (χ0v) is 18.1. The highest BCUT2D eigenvalue weighted by atomic mass is 35.5. The molecule has 1 aliphatic rings. The molecule has 2 amide bonds. The van der Waals surface area contributed by atoms with Crippen LogP contribution in [0.15, 0.2) is 18.3 Å². The summed E-state index contributed by atoms with van der Waals surface area (Å²) in [6.45, 7) is 5.41.